The Morgan fingerprint density at radius 3 is 2.36 bits per heavy atom. The van der Waals surface area contributed by atoms with E-state index in [0.717, 1.165) is 0 Å². The lowest BCUT2D eigenvalue weighted by Gasteiger charge is -2.30. The number of ether oxygens (including phenoxy) is 1. The number of imidazole rings is 1. The van der Waals surface area contributed by atoms with Crippen molar-refractivity contribution >= 4 is 46.2 Å². The van der Waals surface area contributed by atoms with Gasteiger partial charge in [-0.25, -0.2) is 13.8 Å². The molecule has 0 aliphatic heterocycles. The summed E-state index contributed by atoms with van der Waals surface area (Å²) in [6.07, 6.45) is -7.03. The second-order valence-corrected chi connectivity index (χ2v) is 12.9. The minimum absolute atomic E-state index is 0.118. The molecule has 0 bridgehead atoms. The summed E-state index contributed by atoms with van der Waals surface area (Å²) in [6.45, 7) is 4.52. The first-order valence-electron chi connectivity index (χ1n) is 14.3. The highest BCUT2D eigenvalue weighted by atomic mass is 35.5. The van der Waals surface area contributed by atoms with Crippen LogP contribution >= 0.6 is 23.2 Å². The van der Waals surface area contributed by atoms with Crippen LogP contribution in [0, 0.1) is 11.3 Å². The Kier molecular flexibility index (Phi) is 10.5. The maximum atomic E-state index is 13.2. The molecule has 0 spiro atoms. The zero-order valence-corrected chi connectivity index (χ0v) is 26.6. The number of benzene rings is 1. The molecule has 3 aromatic rings. The smallest absolute Gasteiger partial charge is 0.391 e. The fraction of sp³-hybridized carbons (Fsp3) is 0.533. The van der Waals surface area contributed by atoms with Gasteiger partial charge in [0.05, 0.1) is 10.9 Å². The number of amides is 2. The van der Waals surface area contributed by atoms with E-state index < -0.39 is 42.5 Å². The third-order valence-electron chi connectivity index (χ3n) is 7.74. The van der Waals surface area contributed by atoms with E-state index in [-0.39, 0.29) is 67.2 Å². The maximum Gasteiger partial charge on any atom is 0.391 e. The Morgan fingerprint density at radius 2 is 1.76 bits per heavy atom. The van der Waals surface area contributed by atoms with Crippen LogP contribution in [0.15, 0.2) is 18.2 Å². The van der Waals surface area contributed by atoms with Crippen LogP contribution in [0.2, 0.25) is 10.0 Å². The molecule has 45 heavy (non-hydrogen) atoms. The molecule has 1 aliphatic rings. The first-order chi connectivity index (χ1) is 21.0. The van der Waals surface area contributed by atoms with Gasteiger partial charge in [0.15, 0.2) is 12.3 Å². The Labute approximate surface area is 267 Å². The van der Waals surface area contributed by atoms with Gasteiger partial charge in [-0.2, -0.15) is 18.2 Å². The van der Waals surface area contributed by atoms with Crippen molar-refractivity contribution in [3.05, 3.63) is 50.8 Å². The lowest BCUT2D eigenvalue weighted by molar-refractivity contribution is -0.182. The van der Waals surface area contributed by atoms with Crippen LogP contribution in [0.25, 0.3) is 11.2 Å². The standard InChI is InChI=1S/C30H34Cl2F5N5O3/c1-29(2,3)28(44)38-13-15-5-10-20(31)18(24(15)32)12-23-40-21-11-19(27(45-14-22(33)34)41-25(21)42(23)4)26(43)39-17-8-6-16(7-9-17)30(35,36)37/h5,10-11,16-17,22H,6-9,12-14H2,1-4H3,(H,38,44)(H,39,43). The van der Waals surface area contributed by atoms with E-state index in [9.17, 15) is 31.5 Å². The SMILES string of the molecule is Cn1c(Cc2c(Cl)ccc(CNC(=O)C(C)(C)C)c2Cl)nc2cc(C(=O)NC3CCC(C(F)(F)F)CC3)c(OCC(F)F)nc21. The minimum atomic E-state index is -4.30. The number of carbonyl (C=O) groups is 2. The van der Waals surface area contributed by atoms with Crippen molar-refractivity contribution in [1.82, 2.24) is 25.2 Å². The number of hydrogen-bond acceptors (Lipinski definition) is 5. The number of hydrogen-bond donors (Lipinski definition) is 2. The zero-order chi connectivity index (χ0) is 33.3. The van der Waals surface area contributed by atoms with Crippen LogP contribution in [0.4, 0.5) is 22.0 Å². The molecule has 0 unspecified atom stereocenters. The summed E-state index contributed by atoms with van der Waals surface area (Å²) in [5, 5.41) is 6.23. The third kappa shape index (κ3) is 8.35. The van der Waals surface area contributed by atoms with Gasteiger partial charge >= 0.3 is 6.18 Å². The molecule has 0 saturated heterocycles. The molecule has 1 aromatic carbocycles. The predicted octanol–water partition coefficient (Wildman–Crippen LogP) is 7.02. The van der Waals surface area contributed by atoms with E-state index in [1.807, 2.05) is 0 Å². The summed E-state index contributed by atoms with van der Waals surface area (Å²) in [5.74, 6) is -2.22. The van der Waals surface area contributed by atoms with E-state index in [1.54, 1.807) is 44.5 Å². The summed E-state index contributed by atoms with van der Waals surface area (Å²) in [4.78, 5) is 34.5. The van der Waals surface area contributed by atoms with Crippen molar-refractivity contribution in [2.75, 3.05) is 6.61 Å². The number of nitrogens with zero attached hydrogens (tertiary/aromatic N) is 3. The fourth-order valence-corrected chi connectivity index (χ4v) is 5.66. The fourth-order valence-electron chi connectivity index (χ4n) is 5.09. The third-order valence-corrected chi connectivity index (χ3v) is 8.56. The first kappa shape index (κ1) is 34.7. The van der Waals surface area contributed by atoms with Crippen LogP contribution in [-0.4, -0.2) is 51.6 Å². The van der Waals surface area contributed by atoms with Gasteiger partial charge in [0.2, 0.25) is 11.8 Å². The van der Waals surface area contributed by atoms with Crippen molar-refractivity contribution in [3.8, 4) is 5.88 Å². The highest BCUT2D eigenvalue weighted by Gasteiger charge is 2.41. The van der Waals surface area contributed by atoms with Crippen molar-refractivity contribution in [2.45, 2.75) is 78.1 Å². The van der Waals surface area contributed by atoms with Crippen molar-refractivity contribution in [2.24, 2.45) is 18.4 Å². The molecule has 2 aromatic heterocycles. The molecule has 2 heterocycles. The van der Waals surface area contributed by atoms with Gasteiger partial charge in [-0.15, -0.1) is 0 Å². The molecule has 15 heteroatoms. The van der Waals surface area contributed by atoms with Crippen LogP contribution in [-0.2, 0) is 24.8 Å². The van der Waals surface area contributed by atoms with Crippen molar-refractivity contribution in [1.29, 1.82) is 0 Å². The van der Waals surface area contributed by atoms with Crippen LogP contribution in [0.5, 0.6) is 5.88 Å². The average Bonchev–Trinajstić information content (AvgIpc) is 3.26. The van der Waals surface area contributed by atoms with Gasteiger partial charge in [-0.05, 0) is 48.9 Å². The van der Waals surface area contributed by atoms with Gasteiger partial charge < -0.3 is 19.9 Å². The van der Waals surface area contributed by atoms with Gasteiger partial charge in [0.1, 0.15) is 16.9 Å². The summed E-state index contributed by atoms with van der Waals surface area (Å²) in [6, 6.07) is 4.19. The zero-order valence-electron chi connectivity index (χ0n) is 25.1. The number of pyridine rings is 1. The number of carbonyl (C=O) groups excluding carboxylic acids is 2. The normalized spacial score (nSPS) is 17.5. The Hall–Kier alpha value is -3.19. The molecular formula is C30H34Cl2F5N5O3. The number of nitrogens with one attached hydrogen (secondary N) is 2. The number of rotatable bonds is 9. The molecule has 246 valence electrons. The summed E-state index contributed by atoms with van der Waals surface area (Å²) in [7, 11) is 1.64. The van der Waals surface area contributed by atoms with E-state index in [4.69, 9.17) is 27.9 Å². The van der Waals surface area contributed by atoms with Crippen LogP contribution in [0.3, 0.4) is 0 Å². The molecule has 8 nitrogen and oxygen atoms in total. The van der Waals surface area contributed by atoms with Gasteiger partial charge in [0.25, 0.3) is 12.3 Å². The quantitative estimate of drug-likeness (QED) is 0.237. The Bertz CT molecular complexity index is 1560. The molecule has 4 rings (SSSR count). The van der Waals surface area contributed by atoms with Crippen molar-refractivity contribution in [3.63, 3.8) is 0 Å². The lowest BCUT2D eigenvalue weighted by atomic mass is 9.85. The van der Waals surface area contributed by atoms with Crippen molar-refractivity contribution < 1.29 is 36.3 Å². The second-order valence-electron chi connectivity index (χ2n) is 12.1. The predicted molar refractivity (Wildman–Crippen MR) is 160 cm³/mol. The average molecular weight is 679 g/mol. The second kappa shape index (κ2) is 13.7. The summed E-state index contributed by atoms with van der Waals surface area (Å²) >= 11 is 13.2. The van der Waals surface area contributed by atoms with E-state index >= 15 is 0 Å². The van der Waals surface area contributed by atoms with E-state index in [0.29, 0.717) is 27.0 Å². The maximum absolute atomic E-state index is 13.2. The van der Waals surface area contributed by atoms with Gasteiger partial charge in [-0.3, -0.25) is 9.59 Å². The minimum Gasteiger partial charge on any atom is -0.471 e. The molecule has 2 N–H and O–H groups in total. The number of alkyl halides is 5. The monoisotopic (exact) mass is 677 g/mol. The number of halogens is 7. The van der Waals surface area contributed by atoms with Gasteiger partial charge in [-0.1, -0.05) is 50.0 Å². The van der Waals surface area contributed by atoms with Crippen LogP contribution < -0.4 is 15.4 Å². The highest BCUT2D eigenvalue weighted by molar-refractivity contribution is 6.36. The summed E-state index contributed by atoms with van der Waals surface area (Å²) < 4.78 is 72.1. The number of fused-ring (bicyclic) bond motifs is 1. The Balaban J connectivity index is 1.61. The molecule has 1 saturated carbocycles. The molecular weight excluding hydrogens is 644 g/mol. The van der Waals surface area contributed by atoms with E-state index in [2.05, 4.69) is 20.6 Å². The molecule has 1 fully saturated rings. The number of aryl methyl sites for hydroxylation is 1. The lowest BCUT2D eigenvalue weighted by Crippen LogP contribution is -2.40. The van der Waals surface area contributed by atoms with Crippen LogP contribution in [0.1, 0.15) is 73.8 Å². The molecule has 0 radical (unpaired) electrons. The van der Waals surface area contributed by atoms with Gasteiger partial charge in [0, 0.05) is 36.5 Å². The highest BCUT2D eigenvalue weighted by Crippen LogP contribution is 2.38. The molecule has 0 atom stereocenters. The largest absolute Gasteiger partial charge is 0.471 e. The topological polar surface area (TPSA) is 98.1 Å². The number of aromatic nitrogens is 3. The Morgan fingerprint density at radius 1 is 1.09 bits per heavy atom. The first-order valence-corrected chi connectivity index (χ1v) is 15.1. The molecule has 1 aliphatic carbocycles. The summed E-state index contributed by atoms with van der Waals surface area (Å²) in [5.41, 5.74) is 0.888. The van der Waals surface area contributed by atoms with E-state index in [1.165, 1.54) is 6.07 Å². The molecule has 2 amide bonds.